The maximum atomic E-state index is 11.1. The van der Waals surface area contributed by atoms with Crippen molar-refractivity contribution in [2.45, 2.75) is 0 Å². The summed E-state index contributed by atoms with van der Waals surface area (Å²) in [6, 6.07) is 4.99. The van der Waals surface area contributed by atoms with E-state index in [4.69, 9.17) is 11.6 Å². The molecule has 3 nitrogen and oxygen atoms in total. The van der Waals surface area contributed by atoms with Gasteiger partial charge in [0, 0.05) is 0 Å². The molecule has 0 saturated carbocycles. The van der Waals surface area contributed by atoms with Gasteiger partial charge in [0.2, 0.25) is 0 Å². The summed E-state index contributed by atoms with van der Waals surface area (Å²) < 4.78 is 4.53. The molecule has 64 valence electrons. The molecule has 1 aromatic carbocycles. The van der Waals surface area contributed by atoms with E-state index < -0.39 is 5.97 Å². The zero-order valence-corrected chi connectivity index (χ0v) is 7.39. The van der Waals surface area contributed by atoms with Crippen LogP contribution in [-0.4, -0.2) is 13.1 Å². The fraction of sp³-hybridized carbons (Fsp3) is 0.125. The normalized spacial score (nSPS) is 9.58. The highest BCUT2D eigenvalue weighted by Crippen LogP contribution is 2.20. The van der Waals surface area contributed by atoms with Crippen LogP contribution in [0, 0.1) is 0 Å². The van der Waals surface area contributed by atoms with E-state index in [0.29, 0.717) is 16.3 Å². The molecule has 0 heterocycles. The molecular weight excluding hydrogens is 178 g/mol. The minimum atomic E-state index is -0.414. The Morgan fingerprint density at radius 1 is 1.58 bits per heavy atom. The van der Waals surface area contributed by atoms with Crippen molar-refractivity contribution >= 4 is 23.3 Å². The van der Waals surface area contributed by atoms with Crippen molar-refractivity contribution in [1.82, 2.24) is 0 Å². The molecule has 0 aliphatic carbocycles. The third kappa shape index (κ3) is 1.57. The fourth-order valence-corrected chi connectivity index (χ4v) is 1.03. The summed E-state index contributed by atoms with van der Waals surface area (Å²) >= 11 is 5.74. The zero-order chi connectivity index (χ0) is 9.14. The van der Waals surface area contributed by atoms with Crippen molar-refractivity contribution in [1.29, 1.82) is 0 Å². The Balaban J connectivity index is 3.16. The van der Waals surface area contributed by atoms with Crippen LogP contribution in [0.25, 0.3) is 0 Å². The Labute approximate surface area is 75.1 Å². The number of hydrogen-bond acceptors (Lipinski definition) is 2. The lowest BCUT2D eigenvalue weighted by Crippen LogP contribution is -2.42. The maximum Gasteiger partial charge on any atom is 0.343 e. The first-order valence-corrected chi connectivity index (χ1v) is 3.73. The molecule has 0 radical (unpaired) electrons. The molecule has 0 aromatic heterocycles. The van der Waals surface area contributed by atoms with E-state index in [2.05, 4.69) is 10.5 Å². The maximum absolute atomic E-state index is 11.1. The molecule has 0 unspecified atom stereocenters. The number of rotatable bonds is 1. The second-order valence-electron chi connectivity index (χ2n) is 2.26. The zero-order valence-electron chi connectivity index (χ0n) is 6.63. The van der Waals surface area contributed by atoms with Crippen LogP contribution >= 0.6 is 11.6 Å². The number of esters is 1. The van der Waals surface area contributed by atoms with Gasteiger partial charge in [0.05, 0.1) is 7.11 Å². The average Bonchev–Trinajstić information content (AvgIpc) is 2.08. The number of carbonyl (C=O) groups excluding carboxylic acids is 1. The van der Waals surface area contributed by atoms with E-state index in [-0.39, 0.29) is 0 Å². The largest absolute Gasteiger partial charge is 0.465 e. The Hall–Kier alpha value is -1.06. The number of halogens is 1. The van der Waals surface area contributed by atoms with Gasteiger partial charge < -0.3 is 10.5 Å². The van der Waals surface area contributed by atoms with Gasteiger partial charge >= 0.3 is 5.97 Å². The highest BCUT2D eigenvalue weighted by molar-refractivity contribution is 6.33. The van der Waals surface area contributed by atoms with Gasteiger partial charge in [0.1, 0.15) is 10.6 Å². The van der Waals surface area contributed by atoms with Crippen molar-refractivity contribution in [2.75, 3.05) is 7.11 Å². The van der Waals surface area contributed by atoms with Gasteiger partial charge in [-0.05, 0) is 12.1 Å². The van der Waals surface area contributed by atoms with E-state index in [0.717, 1.165) is 0 Å². The number of quaternary nitrogens is 1. The van der Waals surface area contributed by atoms with Crippen molar-refractivity contribution < 1.29 is 15.3 Å². The molecule has 0 aliphatic heterocycles. The van der Waals surface area contributed by atoms with Gasteiger partial charge in [0.25, 0.3) is 0 Å². The Morgan fingerprint density at radius 2 is 2.25 bits per heavy atom. The summed E-state index contributed by atoms with van der Waals surface area (Å²) in [5.74, 6) is -0.414. The molecule has 0 saturated heterocycles. The van der Waals surface area contributed by atoms with E-state index in [1.54, 1.807) is 18.2 Å². The molecule has 1 aromatic rings. The standard InChI is InChI=1S/C8H8ClNO2/c1-12-8(11)5-3-2-4-6(9)7(5)10/h2-4H,10H2,1H3/p+1. The van der Waals surface area contributed by atoms with E-state index in [1.807, 2.05) is 0 Å². The highest BCUT2D eigenvalue weighted by atomic mass is 35.5. The van der Waals surface area contributed by atoms with Crippen LogP contribution in [0.4, 0.5) is 5.69 Å². The molecule has 0 fully saturated rings. The first-order chi connectivity index (χ1) is 5.66. The Morgan fingerprint density at radius 3 is 2.83 bits per heavy atom. The van der Waals surface area contributed by atoms with Crippen molar-refractivity contribution in [3.8, 4) is 0 Å². The smallest absolute Gasteiger partial charge is 0.343 e. The molecule has 0 spiro atoms. The molecule has 0 amide bonds. The highest BCUT2D eigenvalue weighted by Gasteiger charge is 2.14. The third-order valence-corrected chi connectivity index (χ3v) is 1.88. The van der Waals surface area contributed by atoms with Gasteiger partial charge in [-0.25, -0.2) is 4.79 Å². The summed E-state index contributed by atoms with van der Waals surface area (Å²) in [5, 5.41) is 0.470. The molecule has 4 heteroatoms. The SMILES string of the molecule is COC(=O)c1cccc(Cl)c1[NH3+]. The number of carbonyl (C=O) groups is 1. The van der Waals surface area contributed by atoms with Gasteiger partial charge in [-0.1, -0.05) is 17.7 Å². The summed E-state index contributed by atoms with van der Waals surface area (Å²) in [6.07, 6.45) is 0. The topological polar surface area (TPSA) is 53.9 Å². The minimum Gasteiger partial charge on any atom is -0.465 e. The van der Waals surface area contributed by atoms with Gasteiger partial charge in [-0.15, -0.1) is 0 Å². The van der Waals surface area contributed by atoms with Crippen LogP contribution < -0.4 is 5.73 Å². The molecule has 1 rings (SSSR count). The predicted octanol–water partition coefficient (Wildman–Crippen LogP) is 1.000. The van der Waals surface area contributed by atoms with Crippen LogP contribution in [0.1, 0.15) is 10.4 Å². The summed E-state index contributed by atoms with van der Waals surface area (Å²) in [4.78, 5) is 11.1. The van der Waals surface area contributed by atoms with Gasteiger partial charge in [-0.2, -0.15) is 0 Å². The lowest BCUT2D eigenvalue weighted by molar-refractivity contribution is -0.255. The minimum absolute atomic E-state index is 0.407. The van der Waals surface area contributed by atoms with Crippen LogP contribution in [0.3, 0.4) is 0 Å². The van der Waals surface area contributed by atoms with Crippen molar-refractivity contribution in [3.63, 3.8) is 0 Å². The molecular formula is C8H9ClNO2+. The number of ether oxygens (including phenoxy) is 1. The lowest BCUT2D eigenvalue weighted by atomic mass is 10.2. The van der Waals surface area contributed by atoms with Gasteiger partial charge in [0.15, 0.2) is 5.69 Å². The summed E-state index contributed by atoms with van der Waals surface area (Å²) in [5.41, 5.74) is 4.57. The second-order valence-corrected chi connectivity index (χ2v) is 2.66. The van der Waals surface area contributed by atoms with E-state index >= 15 is 0 Å². The van der Waals surface area contributed by atoms with Crippen LogP contribution in [0.2, 0.25) is 5.02 Å². The van der Waals surface area contributed by atoms with Crippen molar-refractivity contribution in [3.05, 3.63) is 28.8 Å². The third-order valence-electron chi connectivity index (χ3n) is 1.52. The quantitative estimate of drug-likeness (QED) is 0.666. The average molecular weight is 187 g/mol. The number of methoxy groups -OCH3 is 1. The predicted molar refractivity (Wildman–Crippen MR) is 45.3 cm³/mol. The van der Waals surface area contributed by atoms with Crippen molar-refractivity contribution in [2.24, 2.45) is 0 Å². The molecule has 0 aliphatic rings. The van der Waals surface area contributed by atoms with E-state index in [9.17, 15) is 4.79 Å². The number of hydrogen-bond donors (Lipinski definition) is 1. The first-order valence-electron chi connectivity index (χ1n) is 3.35. The van der Waals surface area contributed by atoms with Crippen LogP contribution in [0.15, 0.2) is 18.2 Å². The Bertz CT molecular complexity index is 312. The lowest BCUT2D eigenvalue weighted by Gasteiger charge is -2.00. The molecule has 0 bridgehead atoms. The first kappa shape index (κ1) is 9.03. The number of benzene rings is 1. The molecule has 3 N–H and O–H groups in total. The summed E-state index contributed by atoms with van der Waals surface area (Å²) in [7, 11) is 1.32. The van der Waals surface area contributed by atoms with Gasteiger partial charge in [-0.3, -0.25) is 0 Å². The monoisotopic (exact) mass is 186 g/mol. The Kier molecular flexibility index (Phi) is 2.68. The summed E-state index contributed by atoms with van der Waals surface area (Å²) in [6.45, 7) is 0. The van der Waals surface area contributed by atoms with Crippen LogP contribution in [-0.2, 0) is 4.74 Å². The fourth-order valence-electron chi connectivity index (χ4n) is 0.860. The molecule has 12 heavy (non-hydrogen) atoms. The van der Waals surface area contributed by atoms with E-state index in [1.165, 1.54) is 7.11 Å². The van der Waals surface area contributed by atoms with Crippen LogP contribution in [0.5, 0.6) is 0 Å². The molecule has 0 atom stereocenters. The second kappa shape index (κ2) is 3.56.